The van der Waals surface area contributed by atoms with E-state index in [4.69, 9.17) is 16.3 Å². The van der Waals surface area contributed by atoms with Crippen molar-refractivity contribution >= 4 is 32.9 Å². The summed E-state index contributed by atoms with van der Waals surface area (Å²) >= 11 is 8.53. The highest BCUT2D eigenvalue weighted by Crippen LogP contribution is 2.25. The largest absolute Gasteiger partial charge is 0.496 e. The molecule has 82 valence electrons. The summed E-state index contributed by atoms with van der Waals surface area (Å²) in [5.41, 5.74) is 1.10. The van der Waals surface area contributed by atoms with Gasteiger partial charge in [-0.25, -0.2) is 0 Å². The number of halogens is 2. The van der Waals surface area contributed by atoms with E-state index in [0.717, 1.165) is 22.2 Å². The fourth-order valence-electron chi connectivity index (χ4n) is 1.17. The van der Waals surface area contributed by atoms with E-state index in [1.54, 1.807) is 7.11 Å². The van der Waals surface area contributed by atoms with Crippen LogP contribution in [0.15, 0.2) is 22.7 Å². The van der Waals surface area contributed by atoms with Crippen LogP contribution in [0.1, 0.15) is 5.56 Å². The Kier molecular flexibility index (Phi) is 4.91. The molecule has 3 nitrogen and oxygen atoms in total. The highest BCUT2D eigenvalue weighted by molar-refractivity contribution is 9.10. The van der Waals surface area contributed by atoms with Crippen molar-refractivity contribution in [2.45, 2.75) is 6.42 Å². The molecule has 0 aliphatic heterocycles. The van der Waals surface area contributed by atoms with E-state index in [-0.39, 0.29) is 0 Å². The molecule has 0 aliphatic carbocycles. The number of hydrogen-bond acceptors (Lipinski definition) is 2. The molecular weight excluding hydrogens is 281 g/mol. The molecule has 0 saturated carbocycles. The Hall–Kier alpha value is -0.740. The molecule has 0 heterocycles. The molecule has 0 aliphatic rings. The lowest BCUT2D eigenvalue weighted by atomic mass is 10.1. The number of methoxy groups -OCH3 is 1. The molecule has 1 aromatic rings. The first-order chi connectivity index (χ1) is 7.13. The molecule has 0 fully saturated rings. The quantitative estimate of drug-likeness (QED) is 0.684. The Morgan fingerprint density at radius 3 is 2.87 bits per heavy atom. The van der Waals surface area contributed by atoms with Crippen LogP contribution in [0.3, 0.4) is 0 Å². The van der Waals surface area contributed by atoms with E-state index in [1.807, 2.05) is 18.2 Å². The summed E-state index contributed by atoms with van der Waals surface area (Å²) in [7, 11) is 1.62. The third kappa shape index (κ3) is 4.10. The van der Waals surface area contributed by atoms with Crippen LogP contribution in [0, 0.1) is 0 Å². The zero-order valence-corrected chi connectivity index (χ0v) is 10.6. The average Bonchev–Trinajstić information content (AvgIpc) is 2.17. The third-order valence-electron chi connectivity index (χ3n) is 1.89. The van der Waals surface area contributed by atoms with Crippen LogP contribution in [-0.4, -0.2) is 19.0 Å². The maximum atomic E-state index is 10.4. The van der Waals surface area contributed by atoms with E-state index in [2.05, 4.69) is 21.2 Å². The first kappa shape index (κ1) is 12.3. The lowest BCUT2D eigenvalue weighted by Crippen LogP contribution is -2.19. The minimum absolute atomic E-state index is 0.525. The molecule has 0 aromatic heterocycles. The van der Waals surface area contributed by atoms with E-state index in [1.165, 1.54) is 0 Å². The van der Waals surface area contributed by atoms with Crippen molar-refractivity contribution in [1.82, 2.24) is 5.32 Å². The SMILES string of the molecule is COc1ccc(CCNC(=O)Cl)cc1Br. The molecule has 1 amide bonds. The first-order valence-corrected chi connectivity index (χ1v) is 5.56. The fourth-order valence-corrected chi connectivity index (χ4v) is 1.85. The third-order valence-corrected chi connectivity index (χ3v) is 2.65. The minimum atomic E-state index is -0.525. The fraction of sp³-hybridized carbons (Fsp3) is 0.300. The number of amides is 1. The molecule has 0 unspecified atom stereocenters. The van der Waals surface area contributed by atoms with Crippen molar-refractivity contribution in [2.24, 2.45) is 0 Å². The Morgan fingerprint density at radius 1 is 1.60 bits per heavy atom. The second kappa shape index (κ2) is 5.98. The molecule has 1 aromatic carbocycles. The van der Waals surface area contributed by atoms with Gasteiger partial charge in [0.15, 0.2) is 0 Å². The highest BCUT2D eigenvalue weighted by atomic mass is 79.9. The van der Waals surface area contributed by atoms with Gasteiger partial charge in [-0.05, 0) is 51.6 Å². The van der Waals surface area contributed by atoms with E-state index >= 15 is 0 Å². The standard InChI is InChI=1S/C10H11BrClNO2/c1-15-9-3-2-7(6-8(9)11)4-5-13-10(12)14/h2-3,6H,4-5H2,1H3,(H,13,14). The topological polar surface area (TPSA) is 38.3 Å². The van der Waals surface area contributed by atoms with Crippen molar-refractivity contribution < 1.29 is 9.53 Å². The van der Waals surface area contributed by atoms with E-state index < -0.39 is 5.37 Å². The van der Waals surface area contributed by atoms with Gasteiger partial charge in [0.1, 0.15) is 5.75 Å². The van der Waals surface area contributed by atoms with Gasteiger partial charge in [0, 0.05) is 6.54 Å². The summed E-state index contributed by atoms with van der Waals surface area (Å²) in [4.78, 5) is 10.4. The van der Waals surface area contributed by atoms with Crippen LogP contribution in [0.2, 0.25) is 0 Å². The summed E-state index contributed by atoms with van der Waals surface area (Å²) < 4.78 is 6.01. The van der Waals surface area contributed by atoms with Crippen molar-refractivity contribution in [1.29, 1.82) is 0 Å². The predicted octanol–water partition coefficient (Wildman–Crippen LogP) is 2.95. The first-order valence-electron chi connectivity index (χ1n) is 4.39. The normalized spacial score (nSPS) is 9.80. The minimum Gasteiger partial charge on any atom is -0.496 e. The number of carbonyl (C=O) groups excluding carboxylic acids is 1. The van der Waals surface area contributed by atoms with Crippen LogP contribution in [0.25, 0.3) is 0 Å². The van der Waals surface area contributed by atoms with Crippen molar-refractivity contribution in [2.75, 3.05) is 13.7 Å². The number of hydrogen-bond donors (Lipinski definition) is 1. The van der Waals surface area contributed by atoms with Gasteiger partial charge < -0.3 is 10.1 Å². The summed E-state index contributed by atoms with van der Waals surface area (Å²) in [6.45, 7) is 0.529. The Balaban J connectivity index is 2.55. The van der Waals surface area contributed by atoms with Gasteiger partial charge in [0.05, 0.1) is 11.6 Å². The van der Waals surface area contributed by atoms with Gasteiger partial charge in [-0.1, -0.05) is 6.07 Å². The molecule has 0 atom stereocenters. The van der Waals surface area contributed by atoms with Crippen molar-refractivity contribution in [3.8, 4) is 5.75 Å². The summed E-state index contributed by atoms with van der Waals surface area (Å²) in [6.07, 6.45) is 0.737. The van der Waals surface area contributed by atoms with Crippen LogP contribution in [0.4, 0.5) is 4.79 Å². The van der Waals surface area contributed by atoms with Crippen LogP contribution < -0.4 is 10.1 Å². The summed E-state index contributed by atoms with van der Waals surface area (Å²) in [6, 6.07) is 5.78. The van der Waals surface area contributed by atoms with Gasteiger partial charge in [-0.2, -0.15) is 0 Å². The van der Waals surface area contributed by atoms with Crippen LogP contribution >= 0.6 is 27.5 Å². The number of rotatable bonds is 4. The molecule has 5 heteroatoms. The zero-order valence-electron chi connectivity index (χ0n) is 8.22. The zero-order chi connectivity index (χ0) is 11.3. The molecule has 0 radical (unpaired) electrons. The number of nitrogens with one attached hydrogen (secondary N) is 1. The molecule has 0 bridgehead atoms. The maximum Gasteiger partial charge on any atom is 0.313 e. The lowest BCUT2D eigenvalue weighted by molar-refractivity contribution is 0.260. The van der Waals surface area contributed by atoms with Gasteiger partial charge >= 0.3 is 5.37 Å². The highest BCUT2D eigenvalue weighted by Gasteiger charge is 2.01. The Bertz CT molecular complexity index is 357. The molecule has 0 spiro atoms. The van der Waals surface area contributed by atoms with Gasteiger partial charge in [-0.15, -0.1) is 0 Å². The smallest absolute Gasteiger partial charge is 0.313 e. The van der Waals surface area contributed by atoms with Crippen LogP contribution in [-0.2, 0) is 6.42 Å². The number of ether oxygens (including phenoxy) is 1. The number of benzene rings is 1. The molecule has 1 rings (SSSR count). The van der Waals surface area contributed by atoms with Crippen molar-refractivity contribution in [3.05, 3.63) is 28.2 Å². The van der Waals surface area contributed by atoms with Gasteiger partial charge in [0.2, 0.25) is 0 Å². The Morgan fingerprint density at radius 2 is 2.33 bits per heavy atom. The monoisotopic (exact) mass is 291 g/mol. The predicted molar refractivity (Wildman–Crippen MR) is 63.6 cm³/mol. The molecule has 1 N–H and O–H groups in total. The van der Waals surface area contributed by atoms with Gasteiger partial charge in [-0.3, -0.25) is 4.79 Å². The lowest BCUT2D eigenvalue weighted by Gasteiger charge is -2.06. The maximum absolute atomic E-state index is 10.4. The summed E-state index contributed by atoms with van der Waals surface area (Å²) in [5, 5.41) is 2.00. The average molecular weight is 293 g/mol. The Labute approximate surface area is 102 Å². The second-order valence-electron chi connectivity index (χ2n) is 2.92. The summed E-state index contributed by atoms with van der Waals surface area (Å²) in [5.74, 6) is 0.792. The van der Waals surface area contributed by atoms with Gasteiger partial charge in [0.25, 0.3) is 0 Å². The molecular formula is C10H11BrClNO2. The molecule has 15 heavy (non-hydrogen) atoms. The number of carbonyl (C=O) groups is 1. The van der Waals surface area contributed by atoms with Crippen molar-refractivity contribution in [3.63, 3.8) is 0 Å². The second-order valence-corrected chi connectivity index (χ2v) is 4.12. The van der Waals surface area contributed by atoms with Crippen LogP contribution in [0.5, 0.6) is 5.75 Å². The van der Waals surface area contributed by atoms with E-state index in [9.17, 15) is 4.79 Å². The van der Waals surface area contributed by atoms with E-state index in [0.29, 0.717) is 6.54 Å². The molecule has 0 saturated heterocycles.